The highest BCUT2D eigenvalue weighted by atomic mass is 35.5. The summed E-state index contributed by atoms with van der Waals surface area (Å²) in [6.07, 6.45) is 3.40. The van der Waals surface area contributed by atoms with Gasteiger partial charge < -0.3 is 19.7 Å². The van der Waals surface area contributed by atoms with Gasteiger partial charge in [0.15, 0.2) is 0 Å². The van der Waals surface area contributed by atoms with Crippen molar-refractivity contribution in [1.29, 1.82) is 0 Å². The molecule has 3 N–H and O–H groups in total. The highest BCUT2D eigenvalue weighted by Gasteiger charge is 2.68. The second-order valence-electron chi connectivity index (χ2n) is 17.7. The van der Waals surface area contributed by atoms with Crippen molar-refractivity contribution in [3.8, 4) is 11.6 Å². The molecule has 59 heavy (non-hydrogen) atoms. The normalized spacial score (nSPS) is 22.7. The third-order valence-corrected chi connectivity index (χ3v) is 14.5. The fraction of sp³-hybridized carbons (Fsp3) is 0.512. The van der Waals surface area contributed by atoms with Crippen LogP contribution in [0.25, 0.3) is 10.8 Å². The number of urea groups is 1. The van der Waals surface area contributed by atoms with Gasteiger partial charge in [-0.1, -0.05) is 44.5 Å². The second-order valence-corrected chi connectivity index (χ2v) is 21.8. The lowest BCUT2D eigenvalue weighted by molar-refractivity contribution is -0.141. The molecule has 3 aromatic rings. The molecule has 2 saturated carbocycles. The van der Waals surface area contributed by atoms with Crippen molar-refractivity contribution in [2.24, 2.45) is 11.3 Å². The predicted octanol–water partition coefficient (Wildman–Crippen LogP) is 5.84. The van der Waals surface area contributed by atoms with Crippen LogP contribution < -0.4 is 24.2 Å². The number of rotatable bonds is 13. The number of carbonyl (C=O) groups excluding carboxylic acids is 3. The Hall–Kier alpha value is -4.45. The Morgan fingerprint density at radius 2 is 1.75 bits per heavy atom. The van der Waals surface area contributed by atoms with Crippen LogP contribution in [0.2, 0.25) is 5.02 Å². The van der Waals surface area contributed by atoms with Gasteiger partial charge in [-0.25, -0.2) is 36.2 Å². The molecule has 3 fully saturated rings. The molecule has 6 rings (SSSR count). The van der Waals surface area contributed by atoms with E-state index in [-0.39, 0.29) is 29.4 Å². The first-order valence-corrected chi connectivity index (χ1v) is 22.9. The lowest BCUT2D eigenvalue weighted by atomic mass is 9.85. The number of amides is 4. The van der Waals surface area contributed by atoms with Gasteiger partial charge in [0.1, 0.15) is 23.4 Å². The maximum absolute atomic E-state index is 15.3. The number of imide groups is 1. The summed E-state index contributed by atoms with van der Waals surface area (Å²) in [5.74, 6) is -1.82. The molecule has 0 bridgehead atoms. The molecule has 18 heteroatoms. The molecule has 1 saturated heterocycles. The zero-order valence-corrected chi connectivity index (χ0v) is 36.9. The summed E-state index contributed by atoms with van der Waals surface area (Å²) in [6, 6.07) is 8.58. The number of methoxy groups -OCH3 is 1. The third kappa shape index (κ3) is 9.17. The minimum absolute atomic E-state index is 0.00926. The van der Waals surface area contributed by atoms with Crippen molar-refractivity contribution in [3.63, 3.8) is 0 Å². The number of aromatic nitrogens is 1. The van der Waals surface area contributed by atoms with Gasteiger partial charge in [0.2, 0.25) is 25.9 Å². The molecule has 2 aromatic carbocycles. The van der Waals surface area contributed by atoms with Gasteiger partial charge in [-0.3, -0.25) is 14.3 Å². The molecule has 5 atom stereocenters. The Kier molecular flexibility index (Phi) is 11.9. The highest BCUT2D eigenvalue weighted by molar-refractivity contribution is 7.91. The molecular weight excluding hydrogens is 820 g/mol. The van der Waals surface area contributed by atoms with Crippen LogP contribution in [0.5, 0.6) is 11.6 Å². The Labute approximate surface area is 351 Å². The molecule has 15 nitrogen and oxygen atoms in total. The number of carbonyl (C=O) groups is 3. The van der Waals surface area contributed by atoms with Crippen LogP contribution in [-0.4, -0.2) is 97.6 Å². The minimum atomic E-state index is -4.09. The zero-order valence-electron chi connectivity index (χ0n) is 34.5. The van der Waals surface area contributed by atoms with E-state index in [2.05, 4.69) is 26.3 Å². The molecule has 0 radical (unpaired) electrons. The number of fused-ring (bicyclic) bond motifs is 1. The maximum Gasteiger partial charge on any atom is 0.328 e. The summed E-state index contributed by atoms with van der Waals surface area (Å²) < 4.78 is 69.7. The molecule has 4 amide bonds. The molecule has 1 unspecified atom stereocenters. The zero-order chi connectivity index (χ0) is 43.5. The summed E-state index contributed by atoms with van der Waals surface area (Å²) in [7, 11) is -6.54. The number of anilines is 1. The summed E-state index contributed by atoms with van der Waals surface area (Å²) in [6.45, 7) is 16.1. The number of ether oxygens (including phenoxy) is 2. The average molecular weight is 873 g/mol. The third-order valence-electron chi connectivity index (χ3n) is 10.7. The topological polar surface area (TPSA) is 193 Å². The molecule has 3 aliphatic rings. The van der Waals surface area contributed by atoms with Gasteiger partial charge in [0.05, 0.1) is 30.0 Å². The van der Waals surface area contributed by atoms with Gasteiger partial charge in [0.25, 0.3) is 11.8 Å². The fourth-order valence-electron chi connectivity index (χ4n) is 7.52. The summed E-state index contributed by atoms with van der Waals surface area (Å²) in [5.41, 5.74) is -3.40. The van der Waals surface area contributed by atoms with Gasteiger partial charge in [-0.05, 0) is 88.8 Å². The second kappa shape index (κ2) is 15.9. The van der Waals surface area contributed by atoms with Crippen LogP contribution in [0.15, 0.2) is 66.2 Å². The Balaban J connectivity index is 1.38. The van der Waals surface area contributed by atoms with Crippen molar-refractivity contribution >= 4 is 66.0 Å². The van der Waals surface area contributed by atoms with Crippen LogP contribution >= 0.6 is 11.6 Å². The average Bonchev–Trinajstić information content (AvgIpc) is 4.07. The predicted molar refractivity (Wildman–Crippen MR) is 225 cm³/mol. The van der Waals surface area contributed by atoms with E-state index in [1.807, 2.05) is 0 Å². The van der Waals surface area contributed by atoms with Crippen LogP contribution in [0.3, 0.4) is 0 Å². The first kappa shape index (κ1) is 44.1. The summed E-state index contributed by atoms with van der Waals surface area (Å²) in [4.78, 5) is 51.5. The first-order chi connectivity index (χ1) is 27.4. The number of nitrogens with one attached hydrogen (secondary N) is 3. The standard InChI is InChI=1S/C41H53ClN6O9S2/c1-10-25-21-41(25,37(50)45-58(52,53)29-15-16-29)48(36(49)34(39(3,4)5)44-27-12-11-13-30(20-27)59(54,55)46-40(6,7)8)38(51)47-23-28(18-24(47)2)57-35-32-19-26(42)14-17-31(32)33(56-9)22-43-35/h10-14,17,19-20,22,24-25,28-29,34,44,46H,1,15-16,18,21,23H2,2-9H3,(H,45,50)/t24?,25-,28-,34+,41-/m1/s1. The monoisotopic (exact) mass is 872 g/mol. The fourth-order valence-corrected chi connectivity index (χ4v) is 10.5. The number of hydrogen-bond acceptors (Lipinski definition) is 11. The Bertz CT molecular complexity index is 2400. The number of likely N-dealkylation sites (tertiary alicyclic amines) is 1. The van der Waals surface area contributed by atoms with Crippen LogP contribution in [-0.2, 0) is 29.6 Å². The van der Waals surface area contributed by atoms with E-state index >= 15 is 9.59 Å². The molecule has 320 valence electrons. The number of nitrogens with zero attached hydrogens (tertiary/aromatic N) is 3. The SMILES string of the molecule is C=C[C@@H]1C[C@@]1(C(=O)NS(=O)(=O)C1CC1)N(C(=O)[C@H](Nc1cccc(S(=O)(=O)NC(C)(C)C)c1)C(C)(C)C)C(=O)N1C[C@H](Oc2ncc(OC)c3ccc(Cl)cc23)CC1C. The van der Waals surface area contributed by atoms with Crippen LogP contribution in [0, 0.1) is 11.3 Å². The van der Waals surface area contributed by atoms with Gasteiger partial charge in [-0.2, -0.15) is 0 Å². The smallest absolute Gasteiger partial charge is 0.328 e. The quantitative estimate of drug-likeness (QED) is 0.175. The van der Waals surface area contributed by atoms with E-state index in [0.717, 1.165) is 4.90 Å². The number of halogens is 1. The summed E-state index contributed by atoms with van der Waals surface area (Å²) >= 11 is 6.35. The number of pyridine rings is 1. The number of sulfonamides is 2. The van der Waals surface area contributed by atoms with Crippen LogP contribution in [0.1, 0.15) is 74.1 Å². The largest absolute Gasteiger partial charge is 0.494 e. The first-order valence-electron chi connectivity index (χ1n) is 19.4. The molecule has 2 heterocycles. The van der Waals surface area contributed by atoms with Crippen molar-refractivity contribution in [2.75, 3.05) is 19.0 Å². The lowest BCUT2D eigenvalue weighted by Crippen LogP contribution is -2.64. The Morgan fingerprint density at radius 1 is 1.05 bits per heavy atom. The van der Waals surface area contributed by atoms with Crippen molar-refractivity contribution in [1.82, 2.24) is 24.2 Å². The van der Waals surface area contributed by atoms with E-state index < -0.39 is 83.7 Å². The summed E-state index contributed by atoms with van der Waals surface area (Å²) in [5, 5.41) is 4.18. The van der Waals surface area contributed by atoms with Gasteiger partial charge >= 0.3 is 6.03 Å². The number of hydrogen-bond donors (Lipinski definition) is 3. The Morgan fingerprint density at radius 3 is 2.34 bits per heavy atom. The van der Waals surface area contributed by atoms with Gasteiger partial charge in [0, 0.05) is 45.4 Å². The van der Waals surface area contributed by atoms with Crippen molar-refractivity contribution in [2.45, 2.75) is 114 Å². The minimum Gasteiger partial charge on any atom is -0.494 e. The van der Waals surface area contributed by atoms with Crippen molar-refractivity contribution in [3.05, 3.63) is 66.3 Å². The van der Waals surface area contributed by atoms with E-state index in [1.165, 1.54) is 42.5 Å². The highest BCUT2D eigenvalue weighted by Crippen LogP contribution is 2.52. The molecule has 0 spiro atoms. The van der Waals surface area contributed by atoms with Crippen LogP contribution in [0.4, 0.5) is 10.5 Å². The molecular formula is C41H53ClN6O9S2. The van der Waals surface area contributed by atoms with E-state index in [1.54, 1.807) is 72.7 Å². The van der Waals surface area contributed by atoms with Crippen molar-refractivity contribution < 1.29 is 40.7 Å². The van der Waals surface area contributed by atoms with E-state index in [9.17, 15) is 21.6 Å². The molecule has 1 aliphatic heterocycles. The number of benzene rings is 2. The van der Waals surface area contributed by atoms with E-state index in [0.29, 0.717) is 40.8 Å². The van der Waals surface area contributed by atoms with E-state index in [4.69, 9.17) is 21.1 Å². The molecule has 2 aliphatic carbocycles. The van der Waals surface area contributed by atoms with Gasteiger partial charge in [-0.15, -0.1) is 6.58 Å². The molecule has 1 aromatic heterocycles. The maximum atomic E-state index is 15.3. The lowest BCUT2D eigenvalue weighted by Gasteiger charge is -2.40.